The molecule has 0 atom stereocenters. The molecule has 0 saturated heterocycles. The van der Waals surface area contributed by atoms with Crippen molar-refractivity contribution in [2.24, 2.45) is 5.92 Å². The summed E-state index contributed by atoms with van der Waals surface area (Å²) in [4.78, 5) is 0. The van der Waals surface area contributed by atoms with Gasteiger partial charge in [-0.05, 0) is 46.8 Å². The van der Waals surface area contributed by atoms with Crippen LogP contribution in [0.5, 0.6) is 0 Å². The number of nitriles is 1. The molecule has 1 aliphatic rings. The predicted octanol–water partition coefficient (Wildman–Crippen LogP) is 3.14. The number of anilines is 1. The maximum atomic E-state index is 8.96. The fourth-order valence-corrected chi connectivity index (χ4v) is 1.82. The minimum atomic E-state index is 0.702. The SMILES string of the molecule is N#Cc1c(Br)cccc1NCC1CC1. The smallest absolute Gasteiger partial charge is 0.103 e. The summed E-state index contributed by atoms with van der Waals surface area (Å²) in [5.74, 6) is 0.820. The van der Waals surface area contributed by atoms with E-state index >= 15 is 0 Å². The Morgan fingerprint density at radius 3 is 2.93 bits per heavy atom. The number of benzene rings is 1. The van der Waals surface area contributed by atoms with E-state index in [9.17, 15) is 0 Å². The summed E-state index contributed by atoms with van der Waals surface area (Å²) in [6.45, 7) is 0.991. The lowest BCUT2D eigenvalue weighted by atomic mass is 10.2. The highest BCUT2D eigenvalue weighted by Crippen LogP contribution is 2.30. The van der Waals surface area contributed by atoms with Crippen molar-refractivity contribution in [1.82, 2.24) is 0 Å². The van der Waals surface area contributed by atoms with Gasteiger partial charge in [-0.1, -0.05) is 6.07 Å². The van der Waals surface area contributed by atoms with Crippen molar-refractivity contribution in [3.8, 4) is 6.07 Å². The molecule has 3 heteroatoms. The van der Waals surface area contributed by atoms with Crippen LogP contribution in [0, 0.1) is 17.2 Å². The minimum absolute atomic E-state index is 0.702. The summed E-state index contributed by atoms with van der Waals surface area (Å²) in [5, 5.41) is 12.3. The van der Waals surface area contributed by atoms with Crippen molar-refractivity contribution in [3.05, 3.63) is 28.2 Å². The Hall–Kier alpha value is -1.01. The average molecular weight is 251 g/mol. The van der Waals surface area contributed by atoms with Gasteiger partial charge in [0.05, 0.1) is 11.3 Å². The Morgan fingerprint density at radius 1 is 1.50 bits per heavy atom. The van der Waals surface area contributed by atoms with Crippen LogP contribution in [-0.4, -0.2) is 6.54 Å². The number of nitrogens with zero attached hydrogens (tertiary/aromatic N) is 1. The van der Waals surface area contributed by atoms with Crippen molar-refractivity contribution in [2.45, 2.75) is 12.8 Å². The van der Waals surface area contributed by atoms with Gasteiger partial charge >= 0.3 is 0 Å². The molecule has 2 nitrogen and oxygen atoms in total. The van der Waals surface area contributed by atoms with Crippen molar-refractivity contribution < 1.29 is 0 Å². The lowest BCUT2D eigenvalue weighted by Gasteiger charge is -2.07. The zero-order valence-corrected chi connectivity index (χ0v) is 9.34. The fourth-order valence-electron chi connectivity index (χ4n) is 1.36. The van der Waals surface area contributed by atoms with Gasteiger partial charge in [-0.2, -0.15) is 5.26 Å². The normalized spacial score (nSPS) is 14.9. The Morgan fingerprint density at radius 2 is 2.29 bits per heavy atom. The van der Waals surface area contributed by atoms with Gasteiger partial charge in [0.15, 0.2) is 0 Å². The van der Waals surface area contributed by atoms with Gasteiger partial charge in [-0.3, -0.25) is 0 Å². The summed E-state index contributed by atoms with van der Waals surface area (Å²) < 4.78 is 0.862. The summed E-state index contributed by atoms with van der Waals surface area (Å²) in [6, 6.07) is 7.98. The molecule has 72 valence electrons. The molecule has 14 heavy (non-hydrogen) atoms. The fraction of sp³-hybridized carbons (Fsp3) is 0.364. The van der Waals surface area contributed by atoms with E-state index in [0.717, 1.165) is 22.6 Å². The van der Waals surface area contributed by atoms with Crippen LogP contribution >= 0.6 is 15.9 Å². The largest absolute Gasteiger partial charge is 0.384 e. The summed E-state index contributed by atoms with van der Waals surface area (Å²) in [5.41, 5.74) is 1.64. The van der Waals surface area contributed by atoms with Crippen LogP contribution in [0.2, 0.25) is 0 Å². The molecule has 0 spiro atoms. The van der Waals surface area contributed by atoms with Gasteiger partial charge in [0.2, 0.25) is 0 Å². The van der Waals surface area contributed by atoms with Crippen LogP contribution in [0.3, 0.4) is 0 Å². The first kappa shape index (κ1) is 9.54. The van der Waals surface area contributed by atoms with Gasteiger partial charge in [-0.15, -0.1) is 0 Å². The van der Waals surface area contributed by atoms with E-state index in [4.69, 9.17) is 5.26 Å². The van der Waals surface area contributed by atoms with E-state index in [1.54, 1.807) is 0 Å². The Bertz CT molecular complexity index is 377. The molecular formula is C11H11BrN2. The summed E-state index contributed by atoms with van der Waals surface area (Å²) >= 11 is 3.37. The van der Waals surface area contributed by atoms with Crippen molar-refractivity contribution in [2.75, 3.05) is 11.9 Å². The van der Waals surface area contributed by atoms with Gasteiger partial charge in [0.25, 0.3) is 0 Å². The van der Waals surface area contributed by atoms with E-state index in [2.05, 4.69) is 27.3 Å². The second-order valence-corrected chi connectivity index (χ2v) is 4.45. The van der Waals surface area contributed by atoms with Crippen LogP contribution in [0.15, 0.2) is 22.7 Å². The number of rotatable bonds is 3. The summed E-state index contributed by atoms with van der Waals surface area (Å²) in [7, 11) is 0. The van der Waals surface area contributed by atoms with Gasteiger partial charge in [0.1, 0.15) is 6.07 Å². The van der Waals surface area contributed by atoms with Crippen LogP contribution in [-0.2, 0) is 0 Å². The third-order valence-electron chi connectivity index (χ3n) is 2.40. The number of hydrogen-bond acceptors (Lipinski definition) is 2. The van der Waals surface area contributed by atoms with E-state index in [1.807, 2.05) is 18.2 Å². The third kappa shape index (κ3) is 2.08. The maximum Gasteiger partial charge on any atom is 0.103 e. The molecule has 1 N–H and O–H groups in total. The quantitative estimate of drug-likeness (QED) is 0.895. The molecule has 1 saturated carbocycles. The first-order valence-electron chi connectivity index (χ1n) is 4.73. The number of halogens is 1. The lowest BCUT2D eigenvalue weighted by molar-refractivity contribution is 0.889. The molecule has 0 unspecified atom stereocenters. The molecule has 1 aliphatic carbocycles. The highest BCUT2D eigenvalue weighted by atomic mass is 79.9. The number of hydrogen-bond donors (Lipinski definition) is 1. The third-order valence-corrected chi connectivity index (χ3v) is 3.06. The van der Waals surface area contributed by atoms with Crippen LogP contribution in [0.25, 0.3) is 0 Å². The highest BCUT2D eigenvalue weighted by molar-refractivity contribution is 9.10. The van der Waals surface area contributed by atoms with Crippen LogP contribution in [0.1, 0.15) is 18.4 Å². The van der Waals surface area contributed by atoms with Crippen molar-refractivity contribution in [1.29, 1.82) is 5.26 Å². The second-order valence-electron chi connectivity index (χ2n) is 3.60. The second kappa shape index (κ2) is 4.02. The molecule has 0 radical (unpaired) electrons. The topological polar surface area (TPSA) is 35.8 Å². The first-order valence-corrected chi connectivity index (χ1v) is 5.53. The van der Waals surface area contributed by atoms with Gasteiger partial charge in [0, 0.05) is 11.0 Å². The van der Waals surface area contributed by atoms with E-state index < -0.39 is 0 Å². The first-order chi connectivity index (χ1) is 6.81. The zero-order valence-electron chi connectivity index (χ0n) is 7.76. The molecule has 0 heterocycles. The van der Waals surface area contributed by atoms with Crippen molar-refractivity contribution >= 4 is 21.6 Å². The molecule has 0 aliphatic heterocycles. The minimum Gasteiger partial charge on any atom is -0.384 e. The predicted molar refractivity (Wildman–Crippen MR) is 60.1 cm³/mol. The zero-order chi connectivity index (χ0) is 9.97. The van der Waals surface area contributed by atoms with Crippen LogP contribution in [0.4, 0.5) is 5.69 Å². The molecule has 2 rings (SSSR count). The lowest BCUT2D eigenvalue weighted by Crippen LogP contribution is -2.04. The Labute approximate surface area is 92.1 Å². The Balaban J connectivity index is 2.14. The van der Waals surface area contributed by atoms with E-state index in [-0.39, 0.29) is 0 Å². The molecule has 0 aromatic heterocycles. The molecule has 1 fully saturated rings. The standard InChI is InChI=1S/C11H11BrN2/c12-10-2-1-3-11(9(10)6-13)14-7-8-4-5-8/h1-3,8,14H,4-5,7H2. The molecule has 0 amide bonds. The molecule has 1 aromatic carbocycles. The summed E-state index contributed by atoms with van der Waals surface area (Å²) in [6.07, 6.45) is 2.64. The van der Waals surface area contributed by atoms with Crippen molar-refractivity contribution in [3.63, 3.8) is 0 Å². The number of nitrogens with one attached hydrogen (secondary N) is 1. The van der Waals surface area contributed by atoms with Gasteiger partial charge < -0.3 is 5.32 Å². The molecule has 1 aromatic rings. The molecule has 0 bridgehead atoms. The molecular weight excluding hydrogens is 240 g/mol. The average Bonchev–Trinajstić information content (AvgIpc) is 2.98. The van der Waals surface area contributed by atoms with Gasteiger partial charge in [-0.25, -0.2) is 0 Å². The monoisotopic (exact) mass is 250 g/mol. The van der Waals surface area contributed by atoms with Crippen LogP contribution < -0.4 is 5.32 Å². The Kier molecular flexibility index (Phi) is 2.74. The van der Waals surface area contributed by atoms with E-state index in [1.165, 1.54) is 12.8 Å². The maximum absolute atomic E-state index is 8.96. The van der Waals surface area contributed by atoms with E-state index in [0.29, 0.717) is 5.56 Å². The highest BCUT2D eigenvalue weighted by Gasteiger charge is 2.21.